The highest BCUT2D eigenvalue weighted by Crippen LogP contribution is 2.32. The predicted octanol–water partition coefficient (Wildman–Crippen LogP) is 9.00. The van der Waals surface area contributed by atoms with Crippen molar-refractivity contribution in [3.05, 3.63) is 78.4 Å². The highest BCUT2D eigenvalue weighted by atomic mass is 16.5. The van der Waals surface area contributed by atoms with Gasteiger partial charge < -0.3 is 14.2 Å². The van der Waals surface area contributed by atoms with Gasteiger partial charge in [0.2, 0.25) is 5.91 Å². The average Bonchev–Trinajstić information content (AvgIpc) is 2.96. The van der Waals surface area contributed by atoms with Crippen LogP contribution in [0.1, 0.15) is 87.9 Å². The van der Waals surface area contributed by atoms with Crippen LogP contribution in [-0.4, -0.2) is 25.1 Å². The highest BCUT2D eigenvalue weighted by Gasteiger charge is 2.21. The van der Waals surface area contributed by atoms with E-state index in [-0.39, 0.29) is 12.0 Å². The van der Waals surface area contributed by atoms with Crippen molar-refractivity contribution in [3.63, 3.8) is 0 Å². The molecule has 3 aromatic carbocycles. The quantitative estimate of drug-likeness (QED) is 0.278. The maximum atomic E-state index is 12.6. The number of esters is 1. The van der Waals surface area contributed by atoms with E-state index in [2.05, 4.69) is 0 Å². The molecular weight excluding hydrogens is 502 g/mol. The third-order valence-corrected chi connectivity index (χ3v) is 7.37. The normalized spacial score (nSPS) is 15.2. The summed E-state index contributed by atoms with van der Waals surface area (Å²) in [4.78, 5) is 26.4. The van der Waals surface area contributed by atoms with Gasteiger partial charge in [-0.3, -0.25) is 9.69 Å². The van der Waals surface area contributed by atoms with E-state index in [1.807, 2.05) is 24.3 Å². The van der Waals surface area contributed by atoms with Crippen LogP contribution in [-0.2, 0) is 9.53 Å². The van der Waals surface area contributed by atoms with E-state index in [0.717, 1.165) is 18.6 Å². The summed E-state index contributed by atoms with van der Waals surface area (Å²) < 4.78 is 17.3. The molecule has 0 saturated heterocycles. The van der Waals surface area contributed by atoms with Crippen molar-refractivity contribution in [1.82, 2.24) is 0 Å². The van der Waals surface area contributed by atoms with E-state index in [0.29, 0.717) is 28.4 Å². The minimum absolute atomic E-state index is 0.220. The van der Waals surface area contributed by atoms with Gasteiger partial charge in [0.05, 0.1) is 24.5 Å². The summed E-state index contributed by atoms with van der Waals surface area (Å²) in [7, 11) is 1.32. The molecule has 6 heteroatoms. The lowest BCUT2D eigenvalue weighted by Crippen LogP contribution is -2.25. The van der Waals surface area contributed by atoms with Crippen LogP contribution in [0.3, 0.4) is 0 Å². The van der Waals surface area contributed by atoms with E-state index in [1.54, 1.807) is 48.5 Å². The SMILES string of the molecule is COC(=O)c1ccccc1N(C(C)=O)c1ccc(Oc2ccc(OC3CCCCCCCCCCC3)cc2)cc1. The van der Waals surface area contributed by atoms with Crippen LogP contribution in [0.2, 0.25) is 0 Å². The van der Waals surface area contributed by atoms with E-state index in [9.17, 15) is 9.59 Å². The Morgan fingerprint density at radius 3 is 1.73 bits per heavy atom. The number of hydrogen-bond donors (Lipinski definition) is 0. The van der Waals surface area contributed by atoms with Gasteiger partial charge >= 0.3 is 5.97 Å². The van der Waals surface area contributed by atoms with Crippen LogP contribution in [0, 0.1) is 0 Å². The molecule has 0 bridgehead atoms. The number of methoxy groups -OCH3 is 1. The molecule has 0 N–H and O–H groups in total. The number of hydrogen-bond acceptors (Lipinski definition) is 5. The zero-order valence-electron chi connectivity index (χ0n) is 23.8. The summed E-state index contributed by atoms with van der Waals surface area (Å²) in [5.41, 5.74) is 1.41. The Morgan fingerprint density at radius 2 is 1.18 bits per heavy atom. The topological polar surface area (TPSA) is 65.1 Å². The Labute approximate surface area is 238 Å². The molecule has 6 nitrogen and oxygen atoms in total. The number of amides is 1. The fourth-order valence-corrected chi connectivity index (χ4v) is 5.26. The lowest BCUT2D eigenvalue weighted by molar-refractivity contribution is -0.115. The van der Waals surface area contributed by atoms with Gasteiger partial charge in [-0.05, 0) is 86.3 Å². The number of nitrogens with zero attached hydrogens (tertiary/aromatic N) is 1. The average molecular weight is 544 g/mol. The van der Waals surface area contributed by atoms with Crippen LogP contribution < -0.4 is 14.4 Å². The first-order valence-electron chi connectivity index (χ1n) is 14.6. The second-order valence-corrected chi connectivity index (χ2v) is 10.4. The summed E-state index contributed by atoms with van der Waals surface area (Å²) in [5, 5.41) is 0. The number of carbonyl (C=O) groups is 2. The van der Waals surface area contributed by atoms with Crippen molar-refractivity contribution in [2.45, 2.75) is 83.7 Å². The molecule has 0 atom stereocenters. The Hall–Kier alpha value is -3.80. The molecule has 1 aliphatic carbocycles. The zero-order chi connectivity index (χ0) is 28.2. The molecule has 0 spiro atoms. The summed E-state index contributed by atoms with van der Waals surface area (Å²) in [6, 6.07) is 21.9. The Kier molecular flexibility index (Phi) is 11.0. The van der Waals surface area contributed by atoms with Crippen LogP contribution in [0.5, 0.6) is 17.2 Å². The van der Waals surface area contributed by atoms with Crippen LogP contribution in [0.25, 0.3) is 0 Å². The molecule has 0 radical (unpaired) electrons. The van der Waals surface area contributed by atoms with Gasteiger partial charge in [0.15, 0.2) is 0 Å². The third-order valence-electron chi connectivity index (χ3n) is 7.37. The molecular formula is C34H41NO5. The Morgan fingerprint density at radius 1 is 0.675 bits per heavy atom. The molecule has 0 aliphatic heterocycles. The number of anilines is 2. The molecule has 1 aliphatic rings. The fourth-order valence-electron chi connectivity index (χ4n) is 5.26. The molecule has 1 saturated carbocycles. The molecule has 1 fully saturated rings. The number of carbonyl (C=O) groups excluding carboxylic acids is 2. The molecule has 3 aromatic rings. The monoisotopic (exact) mass is 543 g/mol. The first-order chi connectivity index (χ1) is 19.5. The van der Waals surface area contributed by atoms with Crippen molar-refractivity contribution >= 4 is 23.3 Å². The summed E-state index contributed by atoms with van der Waals surface area (Å²) >= 11 is 0. The molecule has 4 rings (SSSR count). The van der Waals surface area contributed by atoms with Crippen molar-refractivity contribution in [2.24, 2.45) is 0 Å². The van der Waals surface area contributed by atoms with Gasteiger partial charge in [-0.2, -0.15) is 0 Å². The smallest absolute Gasteiger partial charge is 0.339 e. The van der Waals surface area contributed by atoms with E-state index in [4.69, 9.17) is 14.2 Å². The maximum Gasteiger partial charge on any atom is 0.339 e. The second-order valence-electron chi connectivity index (χ2n) is 10.4. The summed E-state index contributed by atoms with van der Waals surface area (Å²) in [6.45, 7) is 1.46. The van der Waals surface area contributed by atoms with Gasteiger partial charge in [0, 0.05) is 12.6 Å². The van der Waals surface area contributed by atoms with Gasteiger partial charge in [-0.25, -0.2) is 4.79 Å². The first kappa shape index (κ1) is 29.2. The summed E-state index contributed by atoms with van der Waals surface area (Å²) in [6.07, 6.45) is 14.4. The van der Waals surface area contributed by atoms with Crippen molar-refractivity contribution in [2.75, 3.05) is 12.0 Å². The lowest BCUT2D eigenvalue weighted by Gasteiger charge is -2.23. The molecule has 1 amide bonds. The van der Waals surface area contributed by atoms with Gasteiger partial charge in [0.25, 0.3) is 0 Å². The minimum atomic E-state index is -0.499. The molecule has 212 valence electrons. The Balaban J connectivity index is 1.39. The number of para-hydroxylation sites is 1. The standard InChI is InChI=1S/C34H41NO5/c1-26(36)35(33-17-13-12-16-32(33)34(37)38-2)27-18-20-29(21-19-27)40-31-24-22-30(23-25-31)39-28-14-10-8-6-4-3-5-7-9-11-15-28/h12-13,16-25,28H,3-11,14-15H2,1-2H3. The van der Waals surface area contributed by atoms with Crippen molar-refractivity contribution in [3.8, 4) is 17.2 Å². The van der Waals surface area contributed by atoms with Gasteiger partial charge in [-0.1, -0.05) is 57.1 Å². The summed E-state index contributed by atoms with van der Waals surface area (Å²) in [5.74, 6) is 1.50. The van der Waals surface area contributed by atoms with Crippen molar-refractivity contribution < 1.29 is 23.8 Å². The third kappa shape index (κ3) is 8.35. The predicted molar refractivity (Wildman–Crippen MR) is 159 cm³/mol. The lowest BCUT2D eigenvalue weighted by atomic mass is 9.99. The van der Waals surface area contributed by atoms with E-state index < -0.39 is 5.97 Å². The first-order valence-corrected chi connectivity index (χ1v) is 14.6. The largest absolute Gasteiger partial charge is 0.490 e. The second kappa shape index (κ2) is 15.1. The Bertz CT molecular complexity index is 1210. The van der Waals surface area contributed by atoms with Crippen LogP contribution in [0.15, 0.2) is 72.8 Å². The number of benzene rings is 3. The molecule has 0 unspecified atom stereocenters. The van der Waals surface area contributed by atoms with Crippen LogP contribution >= 0.6 is 0 Å². The van der Waals surface area contributed by atoms with Gasteiger partial charge in [0.1, 0.15) is 17.2 Å². The minimum Gasteiger partial charge on any atom is -0.490 e. The van der Waals surface area contributed by atoms with Crippen LogP contribution in [0.4, 0.5) is 11.4 Å². The highest BCUT2D eigenvalue weighted by molar-refractivity contribution is 6.06. The fraction of sp³-hybridized carbons (Fsp3) is 0.412. The molecule has 40 heavy (non-hydrogen) atoms. The van der Waals surface area contributed by atoms with E-state index >= 15 is 0 Å². The molecule has 0 aromatic heterocycles. The van der Waals surface area contributed by atoms with Gasteiger partial charge in [-0.15, -0.1) is 0 Å². The molecule has 0 heterocycles. The number of ether oxygens (including phenoxy) is 3. The maximum absolute atomic E-state index is 12.6. The zero-order valence-corrected chi connectivity index (χ0v) is 23.8. The van der Waals surface area contributed by atoms with Crippen molar-refractivity contribution in [1.29, 1.82) is 0 Å². The van der Waals surface area contributed by atoms with E-state index in [1.165, 1.54) is 76.7 Å². The number of rotatable bonds is 7.